The Balaban J connectivity index is 1.78. The SMILES string of the molecule is COc1ccc(N=Nc2ccc(OC(=O)NCCCCCCNC(C)=O)cc2)cc1C(C)(C)C. The zero-order valence-electron chi connectivity index (χ0n) is 20.8. The Morgan fingerprint density at radius 1 is 0.853 bits per heavy atom. The smallest absolute Gasteiger partial charge is 0.412 e. The molecule has 0 saturated heterocycles. The van der Waals surface area contributed by atoms with Crippen LogP contribution in [-0.2, 0) is 10.2 Å². The van der Waals surface area contributed by atoms with Crippen molar-refractivity contribution < 1.29 is 19.1 Å². The van der Waals surface area contributed by atoms with Crippen molar-refractivity contribution in [2.75, 3.05) is 20.2 Å². The van der Waals surface area contributed by atoms with Gasteiger partial charge in [0.05, 0.1) is 18.5 Å². The fourth-order valence-corrected chi connectivity index (χ4v) is 3.24. The number of rotatable bonds is 11. The second-order valence-electron chi connectivity index (χ2n) is 9.04. The van der Waals surface area contributed by atoms with Gasteiger partial charge in [-0.15, -0.1) is 0 Å². The number of hydrogen-bond donors (Lipinski definition) is 2. The van der Waals surface area contributed by atoms with Gasteiger partial charge in [0.2, 0.25) is 5.91 Å². The van der Waals surface area contributed by atoms with Crippen LogP contribution in [0.15, 0.2) is 52.7 Å². The number of ether oxygens (including phenoxy) is 2. The van der Waals surface area contributed by atoms with Gasteiger partial charge < -0.3 is 20.1 Å². The van der Waals surface area contributed by atoms with E-state index in [1.807, 2.05) is 18.2 Å². The van der Waals surface area contributed by atoms with Crippen molar-refractivity contribution in [3.63, 3.8) is 0 Å². The standard InChI is InChI=1S/C26H36N4O4/c1-19(31)27-16-8-6-7-9-17-28-25(32)34-22-13-10-20(11-14-22)29-30-21-12-15-24(33-5)23(18-21)26(2,3)4/h10-15,18H,6-9,16-17H2,1-5H3,(H,27,31)(H,28,32). The highest BCUT2D eigenvalue weighted by atomic mass is 16.6. The zero-order chi connectivity index (χ0) is 25.0. The highest BCUT2D eigenvalue weighted by Gasteiger charge is 2.19. The molecule has 0 heterocycles. The molecule has 0 bridgehead atoms. The molecule has 0 aliphatic carbocycles. The van der Waals surface area contributed by atoms with Crippen LogP contribution in [0.4, 0.5) is 16.2 Å². The number of carbonyl (C=O) groups is 2. The molecular weight excluding hydrogens is 432 g/mol. The molecule has 184 valence electrons. The zero-order valence-corrected chi connectivity index (χ0v) is 20.8. The molecule has 0 saturated carbocycles. The minimum atomic E-state index is -0.486. The van der Waals surface area contributed by atoms with Crippen LogP contribution in [0.3, 0.4) is 0 Å². The Bertz CT molecular complexity index is 966. The Kier molecular flexibility index (Phi) is 10.5. The highest BCUT2D eigenvalue weighted by molar-refractivity contribution is 5.72. The number of amides is 2. The number of carbonyl (C=O) groups excluding carboxylic acids is 2. The van der Waals surface area contributed by atoms with Gasteiger partial charge >= 0.3 is 6.09 Å². The molecular formula is C26H36N4O4. The van der Waals surface area contributed by atoms with Crippen molar-refractivity contribution in [3.8, 4) is 11.5 Å². The number of nitrogens with one attached hydrogen (secondary N) is 2. The van der Waals surface area contributed by atoms with Crippen molar-refractivity contribution in [1.29, 1.82) is 0 Å². The minimum absolute atomic E-state index is 0.00700. The first-order chi connectivity index (χ1) is 16.2. The predicted molar refractivity (Wildman–Crippen MR) is 133 cm³/mol. The van der Waals surface area contributed by atoms with Crippen LogP contribution in [0.2, 0.25) is 0 Å². The van der Waals surface area contributed by atoms with E-state index in [0.29, 0.717) is 24.5 Å². The molecule has 2 amide bonds. The summed E-state index contributed by atoms with van der Waals surface area (Å²) in [5.41, 5.74) is 2.37. The number of nitrogens with zero attached hydrogens (tertiary/aromatic N) is 2. The summed E-state index contributed by atoms with van der Waals surface area (Å²) in [5, 5.41) is 14.1. The molecule has 2 aromatic carbocycles. The molecule has 0 aromatic heterocycles. The van der Waals surface area contributed by atoms with E-state index in [0.717, 1.165) is 42.7 Å². The van der Waals surface area contributed by atoms with Gasteiger partial charge in [-0.2, -0.15) is 10.2 Å². The Hall–Kier alpha value is -3.42. The molecule has 0 radical (unpaired) electrons. The third-order valence-corrected chi connectivity index (χ3v) is 5.07. The van der Waals surface area contributed by atoms with E-state index in [4.69, 9.17) is 9.47 Å². The van der Waals surface area contributed by atoms with Crippen molar-refractivity contribution in [3.05, 3.63) is 48.0 Å². The molecule has 2 rings (SSSR count). The van der Waals surface area contributed by atoms with Crippen molar-refractivity contribution >= 4 is 23.4 Å². The number of unbranched alkanes of at least 4 members (excludes halogenated alkanes) is 3. The van der Waals surface area contributed by atoms with E-state index in [-0.39, 0.29) is 11.3 Å². The van der Waals surface area contributed by atoms with Crippen LogP contribution in [-0.4, -0.2) is 32.2 Å². The predicted octanol–water partition coefficient (Wildman–Crippen LogP) is 6.19. The first kappa shape index (κ1) is 26.8. The van der Waals surface area contributed by atoms with E-state index in [1.165, 1.54) is 6.92 Å². The van der Waals surface area contributed by atoms with Crippen LogP contribution in [0.25, 0.3) is 0 Å². The summed E-state index contributed by atoms with van der Waals surface area (Å²) in [4.78, 5) is 22.7. The molecule has 0 aliphatic rings. The van der Waals surface area contributed by atoms with E-state index in [2.05, 4.69) is 41.6 Å². The quantitative estimate of drug-likeness (QED) is 0.303. The minimum Gasteiger partial charge on any atom is -0.496 e. The average molecular weight is 469 g/mol. The molecule has 0 spiro atoms. The van der Waals surface area contributed by atoms with Crippen molar-refractivity contribution in [1.82, 2.24) is 10.6 Å². The van der Waals surface area contributed by atoms with Gasteiger partial charge in [-0.1, -0.05) is 33.6 Å². The first-order valence-electron chi connectivity index (χ1n) is 11.6. The molecule has 0 unspecified atom stereocenters. The van der Waals surface area contributed by atoms with E-state index >= 15 is 0 Å². The second kappa shape index (κ2) is 13.3. The Morgan fingerprint density at radius 3 is 2.03 bits per heavy atom. The maximum Gasteiger partial charge on any atom is 0.412 e. The second-order valence-corrected chi connectivity index (χ2v) is 9.04. The topological polar surface area (TPSA) is 101 Å². The van der Waals surface area contributed by atoms with Crippen LogP contribution in [0.1, 0.15) is 58.9 Å². The number of azo groups is 1. The van der Waals surface area contributed by atoms with Crippen LogP contribution in [0.5, 0.6) is 11.5 Å². The van der Waals surface area contributed by atoms with E-state index in [1.54, 1.807) is 31.4 Å². The molecule has 0 aliphatic heterocycles. The summed E-state index contributed by atoms with van der Waals surface area (Å²) in [6.07, 6.45) is 3.29. The summed E-state index contributed by atoms with van der Waals surface area (Å²) in [6, 6.07) is 12.6. The lowest BCUT2D eigenvalue weighted by Crippen LogP contribution is -2.27. The molecule has 0 fully saturated rings. The maximum absolute atomic E-state index is 12.0. The number of hydrogen-bond acceptors (Lipinski definition) is 6. The lowest BCUT2D eigenvalue weighted by Gasteiger charge is -2.22. The third-order valence-electron chi connectivity index (χ3n) is 5.07. The van der Waals surface area contributed by atoms with E-state index < -0.39 is 6.09 Å². The van der Waals surface area contributed by atoms with Gasteiger partial charge in [-0.05, 0) is 60.7 Å². The average Bonchev–Trinajstić information content (AvgIpc) is 2.79. The van der Waals surface area contributed by atoms with E-state index in [9.17, 15) is 9.59 Å². The van der Waals surface area contributed by atoms with Crippen molar-refractivity contribution in [2.24, 2.45) is 10.2 Å². The summed E-state index contributed by atoms with van der Waals surface area (Å²) < 4.78 is 10.8. The van der Waals surface area contributed by atoms with Gasteiger partial charge in [0.15, 0.2) is 0 Å². The van der Waals surface area contributed by atoms with Crippen LogP contribution >= 0.6 is 0 Å². The fraction of sp³-hybridized carbons (Fsp3) is 0.462. The molecule has 2 N–H and O–H groups in total. The molecule has 2 aromatic rings. The fourth-order valence-electron chi connectivity index (χ4n) is 3.24. The largest absolute Gasteiger partial charge is 0.496 e. The summed E-state index contributed by atoms with van der Waals surface area (Å²) in [6.45, 7) is 9.12. The number of methoxy groups -OCH3 is 1. The van der Waals surface area contributed by atoms with Crippen LogP contribution in [0, 0.1) is 0 Å². The lowest BCUT2D eigenvalue weighted by atomic mass is 9.86. The summed E-state index contributed by atoms with van der Waals surface area (Å²) >= 11 is 0. The van der Waals surface area contributed by atoms with Crippen LogP contribution < -0.4 is 20.1 Å². The van der Waals surface area contributed by atoms with Gasteiger partial charge in [-0.3, -0.25) is 4.79 Å². The third kappa shape index (κ3) is 9.60. The molecule has 34 heavy (non-hydrogen) atoms. The highest BCUT2D eigenvalue weighted by Crippen LogP contribution is 2.34. The van der Waals surface area contributed by atoms with Gasteiger partial charge in [-0.25, -0.2) is 4.79 Å². The van der Waals surface area contributed by atoms with Gasteiger partial charge in [0.25, 0.3) is 0 Å². The molecule has 8 heteroatoms. The maximum atomic E-state index is 12.0. The van der Waals surface area contributed by atoms with Gasteiger partial charge in [0, 0.05) is 25.6 Å². The summed E-state index contributed by atoms with van der Waals surface area (Å²) in [5.74, 6) is 1.26. The molecule has 0 atom stereocenters. The first-order valence-corrected chi connectivity index (χ1v) is 11.6. The molecule has 8 nitrogen and oxygen atoms in total. The Morgan fingerprint density at radius 2 is 1.44 bits per heavy atom. The monoisotopic (exact) mass is 468 g/mol. The Labute approximate surface area is 202 Å². The van der Waals surface area contributed by atoms with Crippen molar-refractivity contribution in [2.45, 2.75) is 58.8 Å². The number of benzene rings is 2. The summed E-state index contributed by atoms with van der Waals surface area (Å²) in [7, 11) is 1.66. The van der Waals surface area contributed by atoms with Gasteiger partial charge in [0.1, 0.15) is 11.5 Å². The normalized spacial score (nSPS) is 11.3. The lowest BCUT2D eigenvalue weighted by molar-refractivity contribution is -0.118.